The normalized spacial score (nSPS) is 10.2. The van der Waals surface area contributed by atoms with Gasteiger partial charge in [-0.05, 0) is 24.3 Å². The fourth-order valence-corrected chi connectivity index (χ4v) is 2.09. The van der Waals surface area contributed by atoms with Crippen LogP contribution in [0.25, 0.3) is 0 Å². The number of hydrogen-bond donors (Lipinski definition) is 1. The number of carboxylic acids is 1. The van der Waals surface area contributed by atoms with Crippen molar-refractivity contribution in [1.29, 1.82) is 0 Å². The first kappa shape index (κ1) is 12.1. The minimum absolute atomic E-state index is 0.0828. The van der Waals surface area contributed by atoms with Gasteiger partial charge in [-0.1, -0.05) is 15.9 Å². The predicted molar refractivity (Wildman–Crippen MR) is 67.5 cm³/mol. The summed E-state index contributed by atoms with van der Waals surface area (Å²) in [5.41, 5.74) is 0. The van der Waals surface area contributed by atoms with Crippen LogP contribution in [0.5, 0.6) is 5.75 Å². The van der Waals surface area contributed by atoms with Crippen LogP contribution >= 0.6 is 27.3 Å². The molecule has 0 amide bonds. The van der Waals surface area contributed by atoms with Crippen molar-refractivity contribution in [2.45, 2.75) is 6.61 Å². The third-order valence-corrected chi connectivity index (χ3v) is 3.42. The molecule has 6 heteroatoms. The van der Waals surface area contributed by atoms with Gasteiger partial charge in [0.2, 0.25) is 5.01 Å². The Morgan fingerprint density at radius 2 is 2.12 bits per heavy atom. The zero-order valence-corrected chi connectivity index (χ0v) is 11.0. The Labute approximate surface area is 110 Å². The van der Waals surface area contributed by atoms with Gasteiger partial charge in [0, 0.05) is 10.7 Å². The topological polar surface area (TPSA) is 59.4 Å². The molecular formula is C11H8BrNO3S. The summed E-state index contributed by atoms with van der Waals surface area (Å²) < 4.78 is 6.48. The lowest BCUT2D eigenvalue weighted by Crippen LogP contribution is -1.93. The summed E-state index contributed by atoms with van der Waals surface area (Å²) in [5, 5.41) is 8.80. The van der Waals surface area contributed by atoms with Crippen LogP contribution in [-0.4, -0.2) is 16.1 Å². The minimum Gasteiger partial charge on any atom is -0.488 e. The van der Waals surface area contributed by atoms with E-state index in [0.717, 1.165) is 26.4 Å². The number of aromatic carboxylic acids is 1. The highest BCUT2D eigenvalue weighted by Crippen LogP contribution is 2.19. The smallest absolute Gasteiger partial charge is 0.365 e. The summed E-state index contributed by atoms with van der Waals surface area (Å²) in [6, 6.07) is 7.43. The van der Waals surface area contributed by atoms with E-state index in [1.165, 1.54) is 6.20 Å². The number of carbonyl (C=O) groups is 1. The summed E-state index contributed by atoms with van der Waals surface area (Å²) >= 11 is 4.45. The van der Waals surface area contributed by atoms with E-state index in [1.54, 1.807) is 0 Å². The highest BCUT2D eigenvalue weighted by Gasteiger charge is 2.09. The van der Waals surface area contributed by atoms with Crippen LogP contribution < -0.4 is 4.74 Å². The van der Waals surface area contributed by atoms with Crippen molar-refractivity contribution in [2.75, 3.05) is 0 Å². The van der Waals surface area contributed by atoms with Gasteiger partial charge >= 0.3 is 5.97 Å². The molecule has 0 atom stereocenters. The highest BCUT2D eigenvalue weighted by molar-refractivity contribution is 9.10. The van der Waals surface area contributed by atoms with Crippen LogP contribution in [-0.2, 0) is 6.61 Å². The van der Waals surface area contributed by atoms with E-state index < -0.39 is 5.97 Å². The van der Waals surface area contributed by atoms with Crippen molar-refractivity contribution in [3.05, 3.63) is 44.8 Å². The molecule has 0 aliphatic rings. The number of ether oxygens (including phenoxy) is 1. The molecule has 0 saturated carbocycles. The maximum Gasteiger partial charge on any atom is 0.365 e. The van der Waals surface area contributed by atoms with Crippen molar-refractivity contribution in [3.63, 3.8) is 0 Å². The lowest BCUT2D eigenvalue weighted by atomic mass is 10.3. The number of aromatic nitrogens is 1. The van der Waals surface area contributed by atoms with Gasteiger partial charge in [0.1, 0.15) is 12.4 Å². The van der Waals surface area contributed by atoms with Gasteiger partial charge in [0.15, 0.2) is 0 Å². The average molecular weight is 314 g/mol. The molecule has 2 aromatic rings. The van der Waals surface area contributed by atoms with Crippen LogP contribution in [0.3, 0.4) is 0 Å². The molecule has 0 bridgehead atoms. The van der Waals surface area contributed by atoms with E-state index in [0.29, 0.717) is 6.61 Å². The van der Waals surface area contributed by atoms with Crippen LogP contribution in [0.1, 0.15) is 14.7 Å². The Balaban J connectivity index is 1.97. The molecule has 4 nitrogen and oxygen atoms in total. The first-order valence-corrected chi connectivity index (χ1v) is 6.32. The number of hydrogen-bond acceptors (Lipinski definition) is 4. The number of thiazole rings is 1. The third kappa shape index (κ3) is 3.28. The Hall–Kier alpha value is -1.40. The van der Waals surface area contributed by atoms with Crippen LogP contribution in [0.2, 0.25) is 0 Å². The Morgan fingerprint density at radius 1 is 1.41 bits per heavy atom. The number of carboxylic acid groups (broad SMARTS) is 1. The van der Waals surface area contributed by atoms with Gasteiger partial charge in [0.05, 0.1) is 4.88 Å². The molecule has 17 heavy (non-hydrogen) atoms. The van der Waals surface area contributed by atoms with E-state index in [1.807, 2.05) is 24.3 Å². The SMILES string of the molecule is O=C(O)c1ncc(COc2ccc(Br)cc2)s1. The molecule has 0 saturated heterocycles. The molecule has 2 rings (SSSR count). The van der Waals surface area contributed by atoms with E-state index in [9.17, 15) is 4.79 Å². The molecule has 0 unspecified atom stereocenters. The first-order valence-electron chi connectivity index (χ1n) is 4.71. The molecule has 88 valence electrons. The summed E-state index contributed by atoms with van der Waals surface area (Å²) in [5.74, 6) is -0.275. The van der Waals surface area contributed by atoms with Gasteiger partial charge in [-0.15, -0.1) is 11.3 Å². The number of nitrogens with zero attached hydrogens (tertiary/aromatic N) is 1. The zero-order chi connectivity index (χ0) is 12.3. The molecule has 1 N–H and O–H groups in total. The van der Waals surface area contributed by atoms with Crippen LogP contribution in [0.4, 0.5) is 0 Å². The van der Waals surface area contributed by atoms with E-state index in [-0.39, 0.29) is 5.01 Å². The van der Waals surface area contributed by atoms with Gasteiger partial charge in [-0.2, -0.15) is 0 Å². The van der Waals surface area contributed by atoms with Gasteiger partial charge in [-0.3, -0.25) is 0 Å². The van der Waals surface area contributed by atoms with Crippen molar-refractivity contribution >= 4 is 33.2 Å². The van der Waals surface area contributed by atoms with Gasteiger partial charge in [-0.25, -0.2) is 9.78 Å². The van der Waals surface area contributed by atoms with Crippen molar-refractivity contribution in [1.82, 2.24) is 4.98 Å². The lowest BCUT2D eigenvalue weighted by molar-refractivity contribution is 0.0696. The molecule has 1 aromatic heterocycles. The second kappa shape index (κ2) is 5.29. The lowest BCUT2D eigenvalue weighted by Gasteiger charge is -2.03. The van der Waals surface area contributed by atoms with Crippen molar-refractivity contribution < 1.29 is 14.6 Å². The first-order chi connectivity index (χ1) is 8.15. The van der Waals surface area contributed by atoms with Crippen molar-refractivity contribution in [3.8, 4) is 5.75 Å². The second-order valence-electron chi connectivity index (χ2n) is 3.18. The molecule has 0 aliphatic carbocycles. The van der Waals surface area contributed by atoms with E-state index >= 15 is 0 Å². The third-order valence-electron chi connectivity index (χ3n) is 1.93. The fourth-order valence-electron chi connectivity index (χ4n) is 1.16. The number of rotatable bonds is 4. The highest BCUT2D eigenvalue weighted by atomic mass is 79.9. The van der Waals surface area contributed by atoms with E-state index in [4.69, 9.17) is 9.84 Å². The summed E-state index contributed by atoms with van der Waals surface area (Å²) in [7, 11) is 0. The molecular weight excluding hydrogens is 306 g/mol. The molecule has 1 aromatic carbocycles. The summed E-state index contributed by atoms with van der Waals surface area (Å²) in [6.45, 7) is 0.326. The second-order valence-corrected chi connectivity index (χ2v) is 5.21. The Bertz CT molecular complexity index is 524. The standard InChI is InChI=1S/C11H8BrNO3S/c12-7-1-3-8(4-2-7)16-6-9-5-13-10(17-9)11(14)15/h1-5H,6H2,(H,14,15). The summed E-state index contributed by atoms with van der Waals surface area (Å²) in [4.78, 5) is 15.2. The number of halogens is 1. The maximum atomic E-state index is 10.6. The van der Waals surface area contributed by atoms with Crippen molar-refractivity contribution in [2.24, 2.45) is 0 Å². The molecule has 0 spiro atoms. The number of benzene rings is 1. The minimum atomic E-state index is -1.01. The molecule has 0 aliphatic heterocycles. The van der Waals surface area contributed by atoms with Crippen LogP contribution in [0, 0.1) is 0 Å². The molecule has 0 fully saturated rings. The fraction of sp³-hybridized carbons (Fsp3) is 0.0909. The van der Waals surface area contributed by atoms with Gasteiger partial charge in [0.25, 0.3) is 0 Å². The van der Waals surface area contributed by atoms with E-state index in [2.05, 4.69) is 20.9 Å². The quantitative estimate of drug-likeness (QED) is 0.941. The average Bonchev–Trinajstić information content (AvgIpc) is 2.77. The Morgan fingerprint density at radius 3 is 2.71 bits per heavy atom. The summed E-state index contributed by atoms with van der Waals surface area (Å²) in [6.07, 6.45) is 1.52. The molecule has 1 heterocycles. The Kier molecular flexibility index (Phi) is 3.75. The monoisotopic (exact) mass is 313 g/mol. The maximum absolute atomic E-state index is 10.6. The van der Waals surface area contributed by atoms with Gasteiger partial charge < -0.3 is 9.84 Å². The predicted octanol–water partition coefficient (Wildman–Crippen LogP) is 3.18. The molecule has 0 radical (unpaired) electrons. The largest absolute Gasteiger partial charge is 0.488 e. The zero-order valence-electron chi connectivity index (χ0n) is 8.59. The van der Waals surface area contributed by atoms with Crippen LogP contribution in [0.15, 0.2) is 34.9 Å².